The molecule has 2 bridgehead atoms. The molecule has 1 unspecified atom stereocenters. The van der Waals surface area contributed by atoms with Crippen molar-refractivity contribution in [1.82, 2.24) is 14.2 Å². The summed E-state index contributed by atoms with van der Waals surface area (Å²) in [6.07, 6.45) is 3.70. The van der Waals surface area contributed by atoms with Gasteiger partial charge in [-0.2, -0.15) is 4.31 Å². The molecule has 1 aromatic carbocycles. The minimum atomic E-state index is -3.89. The zero-order valence-corrected chi connectivity index (χ0v) is 17.9. The highest BCUT2D eigenvalue weighted by molar-refractivity contribution is 7.89. The highest BCUT2D eigenvalue weighted by Gasteiger charge is 2.50. The van der Waals surface area contributed by atoms with E-state index in [0.717, 1.165) is 16.6 Å². The number of aliphatic hydroxyl groups is 1. The van der Waals surface area contributed by atoms with Crippen LogP contribution in [0.1, 0.15) is 26.2 Å². The predicted molar refractivity (Wildman–Crippen MR) is 112 cm³/mol. The molecule has 0 spiro atoms. The van der Waals surface area contributed by atoms with Crippen molar-refractivity contribution < 1.29 is 18.3 Å². The quantitative estimate of drug-likeness (QED) is 0.728. The zero-order chi connectivity index (χ0) is 20.8. The van der Waals surface area contributed by atoms with E-state index in [4.69, 9.17) is 0 Å². The lowest BCUT2D eigenvalue weighted by atomic mass is 9.90. The summed E-state index contributed by atoms with van der Waals surface area (Å²) in [6.45, 7) is 5.90. The molecule has 7 nitrogen and oxygen atoms in total. The highest BCUT2D eigenvalue weighted by atomic mass is 32.2. The number of nitrogens with zero attached hydrogens (tertiary/aromatic N) is 3. The fraction of sp³-hybridized carbons (Fsp3) is 0.500. The summed E-state index contributed by atoms with van der Waals surface area (Å²) in [5, 5.41) is 9.62. The second kappa shape index (κ2) is 7.79. The maximum atomic E-state index is 13.7. The Kier molecular flexibility index (Phi) is 5.50. The van der Waals surface area contributed by atoms with Gasteiger partial charge in [0.25, 0.3) is 0 Å². The molecule has 2 aromatic rings. The van der Waals surface area contributed by atoms with Crippen molar-refractivity contribution in [2.45, 2.75) is 49.2 Å². The van der Waals surface area contributed by atoms with Crippen molar-refractivity contribution in [3.8, 4) is 0 Å². The summed E-state index contributed by atoms with van der Waals surface area (Å²) in [6, 6.07) is 3.47. The third-order valence-electron chi connectivity index (χ3n) is 6.06. The van der Waals surface area contributed by atoms with E-state index in [-0.39, 0.29) is 35.4 Å². The van der Waals surface area contributed by atoms with Gasteiger partial charge in [-0.15, -0.1) is 17.9 Å². The fourth-order valence-corrected chi connectivity index (χ4v) is 7.15. The lowest BCUT2D eigenvalue weighted by Crippen LogP contribution is -2.55. The summed E-state index contributed by atoms with van der Waals surface area (Å²) in [7, 11) is -3.89. The smallest absolute Gasteiger partial charge is 0.244 e. The molecule has 0 saturated carbocycles. The average Bonchev–Trinajstić information content (AvgIpc) is 3.18. The number of hydrogen-bond acceptors (Lipinski definition) is 6. The molecular weight excluding hydrogens is 410 g/mol. The first-order valence-electron chi connectivity index (χ1n) is 9.79. The molecule has 9 heteroatoms. The van der Waals surface area contributed by atoms with Crippen molar-refractivity contribution in [2.24, 2.45) is 5.92 Å². The van der Waals surface area contributed by atoms with Gasteiger partial charge in [0.15, 0.2) is 0 Å². The molecule has 156 valence electrons. The summed E-state index contributed by atoms with van der Waals surface area (Å²) in [5.41, 5.74) is 2.45. The number of carbonyl (C=O) groups excluding carboxylic acids is 1. The Morgan fingerprint density at radius 2 is 2.21 bits per heavy atom. The molecule has 2 saturated heterocycles. The van der Waals surface area contributed by atoms with Crippen molar-refractivity contribution in [2.75, 3.05) is 13.2 Å². The first-order valence-corrected chi connectivity index (χ1v) is 12.1. The van der Waals surface area contributed by atoms with Crippen LogP contribution in [0.5, 0.6) is 0 Å². The van der Waals surface area contributed by atoms with Gasteiger partial charge in [-0.1, -0.05) is 6.08 Å². The monoisotopic (exact) mass is 435 g/mol. The Labute approximate surface area is 174 Å². The van der Waals surface area contributed by atoms with E-state index in [2.05, 4.69) is 11.6 Å². The summed E-state index contributed by atoms with van der Waals surface area (Å²) < 4.78 is 29.7. The molecule has 2 aliphatic rings. The number of carbonyl (C=O) groups is 1. The van der Waals surface area contributed by atoms with Crippen LogP contribution in [0.3, 0.4) is 0 Å². The van der Waals surface area contributed by atoms with Crippen LogP contribution in [0.25, 0.3) is 10.2 Å². The number of aromatic nitrogens is 1. The van der Waals surface area contributed by atoms with Crippen LogP contribution in [-0.2, 0) is 14.8 Å². The Balaban J connectivity index is 1.81. The molecule has 4 atom stereocenters. The molecule has 0 aliphatic carbocycles. The molecule has 29 heavy (non-hydrogen) atoms. The van der Waals surface area contributed by atoms with E-state index in [0.29, 0.717) is 19.4 Å². The molecule has 1 aromatic heterocycles. The molecule has 2 fully saturated rings. The molecule has 1 amide bonds. The van der Waals surface area contributed by atoms with Gasteiger partial charge in [0.2, 0.25) is 15.9 Å². The molecule has 4 rings (SSSR count). The van der Waals surface area contributed by atoms with Crippen LogP contribution in [0, 0.1) is 5.92 Å². The number of fused-ring (bicyclic) bond motifs is 3. The van der Waals surface area contributed by atoms with Gasteiger partial charge in [-0.05, 0) is 44.4 Å². The number of rotatable bonds is 5. The van der Waals surface area contributed by atoms with E-state index in [1.54, 1.807) is 41.6 Å². The maximum absolute atomic E-state index is 13.7. The topological polar surface area (TPSA) is 90.8 Å². The normalized spacial score (nSPS) is 27.0. The lowest BCUT2D eigenvalue weighted by molar-refractivity contribution is -0.137. The van der Waals surface area contributed by atoms with Crippen LogP contribution in [0.4, 0.5) is 0 Å². The van der Waals surface area contributed by atoms with E-state index in [1.807, 2.05) is 0 Å². The van der Waals surface area contributed by atoms with E-state index >= 15 is 0 Å². The lowest BCUT2D eigenvalue weighted by Gasteiger charge is -2.40. The van der Waals surface area contributed by atoms with Gasteiger partial charge in [0, 0.05) is 18.5 Å². The van der Waals surface area contributed by atoms with Gasteiger partial charge < -0.3 is 10.0 Å². The Morgan fingerprint density at radius 1 is 1.41 bits per heavy atom. The van der Waals surface area contributed by atoms with Crippen LogP contribution < -0.4 is 0 Å². The van der Waals surface area contributed by atoms with E-state index < -0.39 is 16.1 Å². The van der Waals surface area contributed by atoms with Gasteiger partial charge in [0.1, 0.15) is 6.04 Å². The van der Waals surface area contributed by atoms with Gasteiger partial charge in [0.05, 0.1) is 33.3 Å². The number of thiazole rings is 1. The summed E-state index contributed by atoms with van der Waals surface area (Å²) in [4.78, 5) is 19.4. The minimum Gasteiger partial charge on any atom is -0.394 e. The SMILES string of the molecule is C=C[C@H]1CN(C(C)CO)C(=O)[C@@H]2CCC[C@H]1N2S(=O)(=O)c1ccc2ncsc2c1. The van der Waals surface area contributed by atoms with Crippen molar-refractivity contribution in [3.05, 3.63) is 36.4 Å². The Hall–Kier alpha value is -1.81. The second-order valence-corrected chi connectivity index (χ2v) is 10.5. The van der Waals surface area contributed by atoms with E-state index in [9.17, 15) is 18.3 Å². The number of amides is 1. The van der Waals surface area contributed by atoms with Gasteiger partial charge >= 0.3 is 0 Å². The third-order valence-corrected chi connectivity index (χ3v) is 8.78. The first kappa shape index (κ1) is 20.5. The largest absolute Gasteiger partial charge is 0.394 e. The van der Waals surface area contributed by atoms with Crippen LogP contribution in [-0.4, -0.2) is 64.9 Å². The van der Waals surface area contributed by atoms with Crippen LogP contribution >= 0.6 is 11.3 Å². The maximum Gasteiger partial charge on any atom is 0.244 e. The first-order chi connectivity index (χ1) is 13.9. The standard InChI is InChI=1S/C20H25N3O4S2/c1-3-14-10-22(13(2)11-24)20(25)18-6-4-5-17(14)23(18)29(26,27)15-7-8-16-19(9-15)28-12-21-16/h3,7-9,12-14,17-18,24H,1,4-6,10-11H2,2H3/t13?,14-,17+,18-/m0/s1. The van der Waals surface area contributed by atoms with Gasteiger partial charge in [-0.3, -0.25) is 4.79 Å². The fourth-order valence-electron chi connectivity index (χ4n) is 4.46. The Morgan fingerprint density at radius 3 is 2.93 bits per heavy atom. The minimum absolute atomic E-state index is 0.165. The third kappa shape index (κ3) is 3.39. The summed E-state index contributed by atoms with van der Waals surface area (Å²) in [5.74, 6) is -0.428. The predicted octanol–water partition coefficient (Wildman–Crippen LogP) is 2.23. The molecule has 2 aliphatic heterocycles. The molecule has 0 radical (unpaired) electrons. The average molecular weight is 436 g/mol. The van der Waals surface area contributed by atoms with Crippen molar-refractivity contribution in [1.29, 1.82) is 0 Å². The number of piperidine rings is 1. The van der Waals surface area contributed by atoms with Gasteiger partial charge in [-0.25, -0.2) is 13.4 Å². The zero-order valence-electron chi connectivity index (χ0n) is 16.3. The van der Waals surface area contributed by atoms with E-state index in [1.165, 1.54) is 15.6 Å². The number of sulfonamides is 1. The van der Waals surface area contributed by atoms with Crippen molar-refractivity contribution in [3.63, 3.8) is 0 Å². The molecule has 1 N–H and O–H groups in total. The van der Waals surface area contributed by atoms with Crippen LogP contribution in [0.15, 0.2) is 41.3 Å². The molecular formula is C20H25N3O4S2. The Bertz CT molecular complexity index is 1040. The molecule has 3 heterocycles. The van der Waals surface area contributed by atoms with Crippen molar-refractivity contribution >= 4 is 37.5 Å². The second-order valence-electron chi connectivity index (χ2n) is 7.75. The van der Waals surface area contributed by atoms with Crippen LogP contribution in [0.2, 0.25) is 0 Å². The number of hydrogen-bond donors (Lipinski definition) is 1. The summed E-state index contributed by atoms with van der Waals surface area (Å²) >= 11 is 1.39. The highest BCUT2D eigenvalue weighted by Crippen LogP contribution is 2.38. The number of aliphatic hydroxyl groups excluding tert-OH is 1. The number of benzene rings is 1.